The molecule has 0 saturated carbocycles. The molecule has 0 saturated heterocycles. The van der Waals surface area contributed by atoms with Crippen molar-refractivity contribution in [3.63, 3.8) is 0 Å². The molecular formula is C17H20N2OS. The van der Waals surface area contributed by atoms with Gasteiger partial charge in [0, 0.05) is 23.6 Å². The third kappa shape index (κ3) is 4.83. The van der Waals surface area contributed by atoms with Crippen LogP contribution >= 0.6 is 11.3 Å². The minimum atomic E-state index is -0.0235. The molecule has 4 heteroatoms. The molecule has 0 atom stereocenters. The largest absolute Gasteiger partial charge is 0.352 e. The Hall–Kier alpha value is -1.94. The zero-order valence-corrected chi connectivity index (χ0v) is 13.5. The second kappa shape index (κ2) is 7.18. The molecule has 0 fully saturated rings. The van der Waals surface area contributed by atoms with Crippen LogP contribution in [0.25, 0.3) is 11.3 Å². The van der Waals surface area contributed by atoms with Crippen molar-refractivity contribution in [1.82, 2.24) is 10.3 Å². The van der Waals surface area contributed by atoms with Crippen LogP contribution in [0.4, 0.5) is 0 Å². The molecule has 3 nitrogen and oxygen atoms in total. The monoisotopic (exact) mass is 300 g/mol. The Kier molecular flexibility index (Phi) is 5.28. The van der Waals surface area contributed by atoms with Crippen LogP contribution in [-0.2, 0) is 11.2 Å². The highest BCUT2D eigenvalue weighted by atomic mass is 32.1. The predicted molar refractivity (Wildman–Crippen MR) is 88.4 cm³/mol. The van der Waals surface area contributed by atoms with Crippen molar-refractivity contribution in [3.05, 3.63) is 51.9 Å². The van der Waals surface area contributed by atoms with Gasteiger partial charge in [-0.2, -0.15) is 0 Å². The van der Waals surface area contributed by atoms with Crippen LogP contribution in [0.15, 0.2) is 41.3 Å². The molecule has 0 aliphatic rings. The number of hydrogen-bond donors (Lipinski definition) is 1. The second-order valence-electron chi connectivity index (χ2n) is 5.21. The molecule has 0 unspecified atom stereocenters. The summed E-state index contributed by atoms with van der Waals surface area (Å²) in [5, 5.41) is 6.04. The summed E-state index contributed by atoms with van der Waals surface area (Å²) in [7, 11) is 0. The molecule has 0 spiro atoms. The number of hydrogen-bond acceptors (Lipinski definition) is 3. The van der Waals surface area contributed by atoms with Crippen molar-refractivity contribution in [3.8, 4) is 11.3 Å². The number of carbonyl (C=O) groups excluding carboxylic acids is 1. The fourth-order valence-electron chi connectivity index (χ4n) is 1.98. The van der Waals surface area contributed by atoms with Gasteiger partial charge in [-0.3, -0.25) is 4.79 Å². The molecule has 2 aromatic rings. The standard InChI is InChI=1S/C17H20N2OS/c1-12(2)10-17(20)18-9-8-14-4-6-15(7-5-14)16-11-21-13(3)19-16/h4-7,10-11H,8-9H2,1-3H3,(H,18,20). The fraction of sp³-hybridized carbons (Fsp3) is 0.294. The van der Waals surface area contributed by atoms with E-state index in [0.717, 1.165) is 28.3 Å². The number of aromatic nitrogens is 1. The molecule has 2 rings (SSSR count). The van der Waals surface area contributed by atoms with E-state index in [2.05, 4.69) is 39.9 Å². The Labute approximate surface area is 129 Å². The maximum atomic E-state index is 11.5. The minimum absolute atomic E-state index is 0.0235. The molecule has 21 heavy (non-hydrogen) atoms. The van der Waals surface area contributed by atoms with Crippen LogP contribution in [0.1, 0.15) is 24.4 Å². The number of nitrogens with one attached hydrogen (secondary N) is 1. The molecule has 0 bridgehead atoms. The first-order chi connectivity index (χ1) is 10.0. The normalized spacial score (nSPS) is 10.2. The van der Waals surface area contributed by atoms with Gasteiger partial charge in [-0.15, -0.1) is 11.3 Å². The van der Waals surface area contributed by atoms with Gasteiger partial charge in [0.2, 0.25) is 5.91 Å². The first-order valence-corrected chi connectivity index (χ1v) is 7.87. The average molecular weight is 300 g/mol. The first-order valence-electron chi connectivity index (χ1n) is 6.99. The van der Waals surface area contributed by atoms with Crippen molar-refractivity contribution >= 4 is 17.2 Å². The van der Waals surface area contributed by atoms with Gasteiger partial charge in [-0.05, 0) is 32.8 Å². The number of allylic oxidation sites excluding steroid dienone is 1. The van der Waals surface area contributed by atoms with E-state index in [4.69, 9.17) is 0 Å². The Balaban J connectivity index is 1.88. The predicted octanol–water partition coefficient (Wildman–Crippen LogP) is 3.74. The lowest BCUT2D eigenvalue weighted by Crippen LogP contribution is -2.23. The summed E-state index contributed by atoms with van der Waals surface area (Å²) >= 11 is 1.66. The third-order valence-electron chi connectivity index (χ3n) is 3.00. The topological polar surface area (TPSA) is 42.0 Å². The summed E-state index contributed by atoms with van der Waals surface area (Å²) in [5.74, 6) is -0.0235. The van der Waals surface area contributed by atoms with Crippen molar-refractivity contribution in [2.75, 3.05) is 6.54 Å². The fourth-order valence-corrected chi connectivity index (χ4v) is 2.60. The zero-order valence-electron chi connectivity index (χ0n) is 12.6. The van der Waals surface area contributed by atoms with Gasteiger partial charge < -0.3 is 5.32 Å². The van der Waals surface area contributed by atoms with Gasteiger partial charge >= 0.3 is 0 Å². The summed E-state index contributed by atoms with van der Waals surface area (Å²) in [6.07, 6.45) is 2.45. The highest BCUT2D eigenvalue weighted by Crippen LogP contribution is 2.21. The molecule has 1 aromatic heterocycles. The SMILES string of the molecule is CC(C)=CC(=O)NCCc1ccc(-c2csc(C)n2)cc1. The van der Waals surface area contributed by atoms with Gasteiger partial charge in [0.1, 0.15) is 0 Å². The number of carbonyl (C=O) groups is 1. The lowest BCUT2D eigenvalue weighted by molar-refractivity contribution is -0.116. The number of rotatable bonds is 5. The van der Waals surface area contributed by atoms with Crippen LogP contribution in [0.3, 0.4) is 0 Å². The summed E-state index contributed by atoms with van der Waals surface area (Å²) < 4.78 is 0. The Morgan fingerprint density at radius 3 is 2.57 bits per heavy atom. The lowest BCUT2D eigenvalue weighted by Gasteiger charge is -2.04. The minimum Gasteiger partial charge on any atom is -0.352 e. The quantitative estimate of drug-likeness (QED) is 0.855. The molecule has 0 aliphatic heterocycles. The third-order valence-corrected chi connectivity index (χ3v) is 3.77. The van der Waals surface area contributed by atoms with Crippen LogP contribution < -0.4 is 5.32 Å². The Morgan fingerprint density at radius 1 is 1.29 bits per heavy atom. The zero-order chi connectivity index (χ0) is 15.2. The lowest BCUT2D eigenvalue weighted by atomic mass is 10.1. The van der Waals surface area contributed by atoms with E-state index >= 15 is 0 Å². The van der Waals surface area contributed by atoms with Crippen molar-refractivity contribution in [2.24, 2.45) is 0 Å². The summed E-state index contributed by atoms with van der Waals surface area (Å²) in [4.78, 5) is 16.0. The molecule has 1 heterocycles. The van der Waals surface area contributed by atoms with Crippen molar-refractivity contribution in [2.45, 2.75) is 27.2 Å². The number of benzene rings is 1. The molecule has 110 valence electrons. The van der Waals surface area contributed by atoms with Crippen LogP contribution in [0.2, 0.25) is 0 Å². The molecule has 1 aromatic carbocycles. The molecule has 0 radical (unpaired) electrons. The average Bonchev–Trinajstić information content (AvgIpc) is 2.85. The van der Waals surface area contributed by atoms with Crippen molar-refractivity contribution in [1.29, 1.82) is 0 Å². The van der Waals surface area contributed by atoms with Crippen LogP contribution in [0, 0.1) is 6.92 Å². The molecular weight excluding hydrogens is 280 g/mol. The Morgan fingerprint density at radius 2 is 2.00 bits per heavy atom. The van der Waals surface area contributed by atoms with E-state index < -0.39 is 0 Å². The summed E-state index contributed by atoms with van der Waals surface area (Å²) in [6, 6.07) is 8.36. The molecule has 0 aliphatic carbocycles. The van der Waals surface area contributed by atoms with E-state index in [1.165, 1.54) is 5.56 Å². The Bertz CT molecular complexity index is 637. The van der Waals surface area contributed by atoms with Gasteiger partial charge in [0.25, 0.3) is 0 Å². The van der Waals surface area contributed by atoms with E-state index in [-0.39, 0.29) is 5.91 Å². The van der Waals surface area contributed by atoms with Gasteiger partial charge in [-0.1, -0.05) is 29.8 Å². The number of amides is 1. The number of thiazole rings is 1. The summed E-state index contributed by atoms with van der Waals surface area (Å²) in [6.45, 7) is 6.49. The van der Waals surface area contributed by atoms with Gasteiger partial charge in [0.05, 0.1) is 10.7 Å². The number of nitrogens with zero attached hydrogens (tertiary/aromatic N) is 1. The van der Waals surface area contributed by atoms with Gasteiger partial charge in [0.15, 0.2) is 0 Å². The maximum absolute atomic E-state index is 11.5. The number of aryl methyl sites for hydroxylation is 1. The first kappa shape index (κ1) is 15.4. The summed E-state index contributed by atoms with van der Waals surface area (Å²) in [5.41, 5.74) is 4.39. The van der Waals surface area contributed by atoms with Crippen LogP contribution in [-0.4, -0.2) is 17.4 Å². The smallest absolute Gasteiger partial charge is 0.243 e. The van der Waals surface area contributed by atoms with Crippen molar-refractivity contribution < 1.29 is 4.79 Å². The van der Waals surface area contributed by atoms with E-state index in [0.29, 0.717) is 6.54 Å². The highest BCUT2D eigenvalue weighted by Gasteiger charge is 2.02. The second-order valence-corrected chi connectivity index (χ2v) is 6.27. The highest BCUT2D eigenvalue weighted by molar-refractivity contribution is 7.09. The van der Waals surface area contributed by atoms with E-state index in [1.807, 2.05) is 20.8 Å². The molecule has 1 N–H and O–H groups in total. The van der Waals surface area contributed by atoms with Crippen LogP contribution in [0.5, 0.6) is 0 Å². The van der Waals surface area contributed by atoms with E-state index in [1.54, 1.807) is 17.4 Å². The van der Waals surface area contributed by atoms with Gasteiger partial charge in [-0.25, -0.2) is 4.98 Å². The maximum Gasteiger partial charge on any atom is 0.243 e. The molecule has 1 amide bonds. The van der Waals surface area contributed by atoms with E-state index in [9.17, 15) is 4.79 Å².